The van der Waals surface area contributed by atoms with E-state index in [9.17, 15) is 9.59 Å². The molecule has 3 aromatic heterocycles. The summed E-state index contributed by atoms with van der Waals surface area (Å²) in [7, 11) is 0. The first kappa shape index (κ1) is 24.3. The van der Waals surface area contributed by atoms with Gasteiger partial charge < -0.3 is 14.6 Å². The van der Waals surface area contributed by atoms with Crippen LogP contribution in [0.3, 0.4) is 0 Å². The zero-order valence-corrected chi connectivity index (χ0v) is 21.4. The quantitative estimate of drug-likeness (QED) is 0.333. The van der Waals surface area contributed by atoms with Gasteiger partial charge in [0.25, 0.3) is 11.1 Å². The highest BCUT2D eigenvalue weighted by atomic mass is 32.2. The molecule has 0 saturated carbocycles. The molecule has 2 saturated heterocycles. The zero-order chi connectivity index (χ0) is 25.9. The van der Waals surface area contributed by atoms with E-state index < -0.39 is 0 Å². The summed E-state index contributed by atoms with van der Waals surface area (Å²) in [4.78, 5) is 39.8. The number of amides is 2. The summed E-state index contributed by atoms with van der Waals surface area (Å²) in [5.41, 5.74) is 3.54. The molecule has 2 aliphatic rings. The fraction of sp³-hybridized carbons (Fsp3) is 0.250. The normalized spacial score (nSPS) is 17.5. The molecular formula is C28H26N6O3S. The molecule has 2 aliphatic heterocycles. The third-order valence-corrected chi connectivity index (χ3v) is 7.66. The predicted octanol–water partition coefficient (Wildman–Crippen LogP) is 4.61. The number of fused-ring (bicyclic) bond motifs is 1. The fourth-order valence-electron chi connectivity index (χ4n) is 4.85. The molecule has 9 nitrogen and oxygen atoms in total. The molecule has 38 heavy (non-hydrogen) atoms. The minimum atomic E-state index is -0.384. The van der Waals surface area contributed by atoms with Gasteiger partial charge in [-0.05, 0) is 66.7 Å². The Morgan fingerprint density at radius 2 is 2.00 bits per heavy atom. The van der Waals surface area contributed by atoms with Crippen LogP contribution in [0.2, 0.25) is 0 Å². The van der Waals surface area contributed by atoms with Crippen molar-refractivity contribution in [3.63, 3.8) is 0 Å². The molecule has 2 fully saturated rings. The van der Waals surface area contributed by atoms with Crippen molar-refractivity contribution >= 4 is 45.7 Å². The second-order valence-corrected chi connectivity index (χ2v) is 10.4. The van der Waals surface area contributed by atoms with E-state index in [0.29, 0.717) is 29.0 Å². The van der Waals surface area contributed by atoms with E-state index in [1.807, 2.05) is 12.1 Å². The maximum absolute atomic E-state index is 11.8. The van der Waals surface area contributed by atoms with Gasteiger partial charge in [-0.1, -0.05) is 24.3 Å². The van der Waals surface area contributed by atoms with Gasteiger partial charge in [0.05, 0.1) is 34.5 Å². The Balaban J connectivity index is 1.06. The average Bonchev–Trinajstić information content (AvgIpc) is 3.59. The molecule has 2 N–H and O–H groups in total. The van der Waals surface area contributed by atoms with Gasteiger partial charge in [-0.15, -0.1) is 0 Å². The number of nitrogens with one attached hydrogen (secondary N) is 2. The molecule has 4 aromatic rings. The lowest BCUT2D eigenvalue weighted by atomic mass is 9.97. The van der Waals surface area contributed by atoms with Crippen LogP contribution in [0.15, 0.2) is 70.5 Å². The summed E-state index contributed by atoms with van der Waals surface area (Å²) in [5.74, 6) is 0.807. The number of benzene rings is 1. The van der Waals surface area contributed by atoms with Crippen molar-refractivity contribution in [2.45, 2.75) is 19.4 Å². The minimum absolute atomic E-state index is 0.349. The van der Waals surface area contributed by atoms with Crippen LogP contribution in [0.5, 0.6) is 0 Å². The molecule has 0 unspecified atom stereocenters. The molecule has 0 radical (unpaired) electrons. The number of hydrogen-bond acceptors (Lipinski definition) is 9. The monoisotopic (exact) mass is 526 g/mol. The topological polar surface area (TPSA) is 113 Å². The summed E-state index contributed by atoms with van der Waals surface area (Å²) >= 11 is 0.889. The average molecular weight is 527 g/mol. The van der Waals surface area contributed by atoms with Crippen LogP contribution in [0.4, 0.5) is 10.7 Å². The van der Waals surface area contributed by atoms with E-state index in [1.165, 1.54) is 5.39 Å². The molecule has 6 rings (SSSR count). The van der Waals surface area contributed by atoms with Crippen LogP contribution < -0.4 is 15.5 Å². The number of nitrogens with zero attached hydrogens (tertiary/aromatic N) is 4. The molecule has 0 bridgehead atoms. The number of imide groups is 1. The second-order valence-electron chi connectivity index (χ2n) is 9.38. The fourth-order valence-corrected chi connectivity index (χ4v) is 5.51. The molecule has 1 aromatic carbocycles. The Labute approximate surface area is 223 Å². The van der Waals surface area contributed by atoms with Gasteiger partial charge in [0.15, 0.2) is 0 Å². The molecule has 5 heterocycles. The van der Waals surface area contributed by atoms with Crippen molar-refractivity contribution in [1.29, 1.82) is 0 Å². The first-order valence-electron chi connectivity index (χ1n) is 12.6. The predicted molar refractivity (Wildman–Crippen MR) is 147 cm³/mol. The van der Waals surface area contributed by atoms with Gasteiger partial charge in [0.2, 0.25) is 5.95 Å². The van der Waals surface area contributed by atoms with Gasteiger partial charge in [0, 0.05) is 36.8 Å². The number of carbonyl (C=O) groups is 2. The van der Waals surface area contributed by atoms with Gasteiger partial charge >= 0.3 is 0 Å². The number of thioether (sulfide) groups is 1. The van der Waals surface area contributed by atoms with Crippen molar-refractivity contribution in [1.82, 2.24) is 25.6 Å². The van der Waals surface area contributed by atoms with Crippen LogP contribution in [0.1, 0.15) is 24.2 Å². The highest BCUT2D eigenvalue weighted by molar-refractivity contribution is 8.18. The molecule has 192 valence electrons. The Morgan fingerprint density at radius 3 is 2.79 bits per heavy atom. The first-order chi connectivity index (χ1) is 18.6. The van der Waals surface area contributed by atoms with E-state index in [1.54, 1.807) is 30.9 Å². The number of piperidine rings is 1. The Morgan fingerprint density at radius 1 is 1.13 bits per heavy atom. The summed E-state index contributed by atoms with van der Waals surface area (Å²) in [6.07, 6.45) is 8.77. The van der Waals surface area contributed by atoms with Crippen LogP contribution in [0.25, 0.3) is 28.1 Å². The number of aromatic nitrogens is 3. The SMILES string of the molecule is O=C1NC(=O)/C(=C/c2ccnc(N3CCC(CNCc4nc(-c5ccoc5)cc5ccccc45)CC3)n2)S1. The number of furan rings is 1. The molecule has 2 amide bonds. The highest BCUT2D eigenvalue weighted by Crippen LogP contribution is 2.27. The standard InChI is InChI=1S/C28H26N6O3S/c35-26-25(38-28(36)33-26)14-21-5-9-30-27(31-21)34-10-6-18(7-11-34)15-29-16-24-22-4-2-1-3-19(22)13-23(32-24)20-8-12-37-17-20/h1-5,8-9,12-14,17-18,29H,6-7,10-11,15-16H2,(H,33,35,36)/b25-14-. The summed E-state index contributed by atoms with van der Waals surface area (Å²) in [5, 5.41) is 7.87. The summed E-state index contributed by atoms with van der Waals surface area (Å²) in [6.45, 7) is 3.32. The van der Waals surface area contributed by atoms with Gasteiger partial charge in [-0.2, -0.15) is 0 Å². The zero-order valence-electron chi connectivity index (χ0n) is 20.6. The number of rotatable bonds is 7. The van der Waals surface area contributed by atoms with Crippen LogP contribution in [0, 0.1) is 5.92 Å². The third kappa shape index (κ3) is 5.32. The molecule has 0 aliphatic carbocycles. The molecule has 0 atom stereocenters. The lowest BCUT2D eigenvalue weighted by Gasteiger charge is -2.32. The van der Waals surface area contributed by atoms with E-state index in [4.69, 9.17) is 9.40 Å². The maximum atomic E-state index is 11.8. The van der Waals surface area contributed by atoms with Gasteiger partial charge in [-0.3, -0.25) is 19.9 Å². The van der Waals surface area contributed by atoms with Crippen molar-refractivity contribution in [3.05, 3.63) is 77.5 Å². The molecular weight excluding hydrogens is 500 g/mol. The maximum Gasteiger partial charge on any atom is 0.290 e. The summed E-state index contributed by atoms with van der Waals surface area (Å²) in [6, 6.07) is 14.1. The number of anilines is 1. The first-order valence-corrected chi connectivity index (χ1v) is 13.4. The largest absolute Gasteiger partial charge is 0.472 e. The van der Waals surface area contributed by atoms with Crippen molar-refractivity contribution in [3.8, 4) is 11.3 Å². The van der Waals surface area contributed by atoms with E-state index in [2.05, 4.69) is 49.8 Å². The molecule has 0 spiro atoms. The Hall–Kier alpha value is -4.02. The Bertz CT molecular complexity index is 1510. The van der Waals surface area contributed by atoms with Crippen LogP contribution >= 0.6 is 11.8 Å². The van der Waals surface area contributed by atoms with Crippen LogP contribution in [-0.2, 0) is 11.3 Å². The smallest absolute Gasteiger partial charge is 0.290 e. The van der Waals surface area contributed by atoms with Crippen LogP contribution in [-0.4, -0.2) is 45.7 Å². The van der Waals surface area contributed by atoms with E-state index in [0.717, 1.165) is 66.6 Å². The van der Waals surface area contributed by atoms with Gasteiger partial charge in [0.1, 0.15) is 0 Å². The van der Waals surface area contributed by atoms with Crippen molar-refractivity contribution in [2.75, 3.05) is 24.5 Å². The van der Waals surface area contributed by atoms with E-state index >= 15 is 0 Å². The number of pyridine rings is 1. The summed E-state index contributed by atoms with van der Waals surface area (Å²) < 4.78 is 5.27. The number of hydrogen-bond donors (Lipinski definition) is 2. The minimum Gasteiger partial charge on any atom is -0.472 e. The van der Waals surface area contributed by atoms with Crippen molar-refractivity contribution < 1.29 is 14.0 Å². The number of carbonyl (C=O) groups excluding carboxylic acids is 2. The lowest BCUT2D eigenvalue weighted by molar-refractivity contribution is -0.115. The lowest BCUT2D eigenvalue weighted by Crippen LogP contribution is -2.38. The second kappa shape index (κ2) is 10.8. The molecule has 10 heteroatoms. The van der Waals surface area contributed by atoms with Crippen molar-refractivity contribution in [2.24, 2.45) is 5.92 Å². The Kier molecular flexibility index (Phi) is 6.89. The van der Waals surface area contributed by atoms with E-state index in [-0.39, 0.29) is 11.1 Å². The third-order valence-electron chi connectivity index (χ3n) is 6.84. The van der Waals surface area contributed by atoms with Gasteiger partial charge in [-0.25, -0.2) is 9.97 Å². The highest BCUT2D eigenvalue weighted by Gasteiger charge is 2.26.